The maximum absolute atomic E-state index is 12.0. The van der Waals surface area contributed by atoms with Crippen molar-refractivity contribution >= 4 is 15.9 Å². The molecule has 8 heteroatoms. The van der Waals surface area contributed by atoms with Crippen molar-refractivity contribution in [3.63, 3.8) is 0 Å². The maximum atomic E-state index is 12.0. The molecular formula is C17H21N3O4S. The van der Waals surface area contributed by atoms with E-state index in [0.717, 1.165) is 17.4 Å². The van der Waals surface area contributed by atoms with Gasteiger partial charge in [-0.2, -0.15) is 0 Å². The monoisotopic (exact) mass is 363 g/mol. The van der Waals surface area contributed by atoms with Gasteiger partial charge in [0.15, 0.2) is 9.84 Å². The number of methoxy groups -OCH3 is 1. The highest BCUT2D eigenvalue weighted by molar-refractivity contribution is 7.90. The number of nitrogens with one attached hydrogen (secondary N) is 2. The van der Waals surface area contributed by atoms with Crippen molar-refractivity contribution < 1.29 is 17.9 Å². The summed E-state index contributed by atoms with van der Waals surface area (Å²) in [6.07, 6.45) is 4.44. The summed E-state index contributed by atoms with van der Waals surface area (Å²) < 4.78 is 28.6. The van der Waals surface area contributed by atoms with Gasteiger partial charge in [-0.3, -0.25) is 4.98 Å². The van der Waals surface area contributed by atoms with E-state index in [0.29, 0.717) is 6.54 Å². The van der Waals surface area contributed by atoms with Gasteiger partial charge in [-0.05, 0) is 42.3 Å². The summed E-state index contributed by atoms with van der Waals surface area (Å²) in [6.45, 7) is 2.19. The average Bonchev–Trinajstić information content (AvgIpc) is 2.59. The fraction of sp³-hybridized carbons (Fsp3) is 0.294. The number of pyridine rings is 1. The zero-order chi connectivity index (χ0) is 18.4. The van der Waals surface area contributed by atoms with Gasteiger partial charge in [0.05, 0.1) is 13.2 Å². The lowest BCUT2D eigenvalue weighted by Crippen LogP contribution is -2.36. The Kier molecular flexibility index (Phi) is 5.97. The van der Waals surface area contributed by atoms with Gasteiger partial charge in [0.25, 0.3) is 0 Å². The molecular weight excluding hydrogens is 342 g/mol. The van der Waals surface area contributed by atoms with Crippen LogP contribution in [0.4, 0.5) is 4.79 Å². The molecule has 1 aromatic carbocycles. The molecule has 1 heterocycles. The molecule has 0 aliphatic heterocycles. The molecule has 0 saturated heterocycles. The van der Waals surface area contributed by atoms with Crippen LogP contribution < -0.4 is 15.4 Å². The minimum absolute atomic E-state index is 0.119. The molecule has 2 N–H and O–H groups in total. The first kappa shape index (κ1) is 18.7. The highest BCUT2D eigenvalue weighted by atomic mass is 32.2. The number of ether oxygens (including phenoxy) is 1. The van der Waals surface area contributed by atoms with Crippen molar-refractivity contribution in [2.24, 2.45) is 0 Å². The van der Waals surface area contributed by atoms with Crippen LogP contribution in [0.15, 0.2) is 47.6 Å². The maximum Gasteiger partial charge on any atom is 0.315 e. The Morgan fingerprint density at radius 1 is 1.24 bits per heavy atom. The van der Waals surface area contributed by atoms with Gasteiger partial charge in [-0.1, -0.05) is 6.07 Å². The van der Waals surface area contributed by atoms with E-state index in [2.05, 4.69) is 15.6 Å². The molecule has 25 heavy (non-hydrogen) atoms. The molecule has 0 bridgehead atoms. The molecule has 0 spiro atoms. The molecule has 0 saturated carbocycles. The number of benzene rings is 1. The van der Waals surface area contributed by atoms with Crippen molar-refractivity contribution in [2.75, 3.05) is 13.4 Å². The van der Waals surface area contributed by atoms with E-state index in [4.69, 9.17) is 4.74 Å². The molecule has 7 nitrogen and oxygen atoms in total. The van der Waals surface area contributed by atoms with E-state index in [-0.39, 0.29) is 22.7 Å². The fourth-order valence-electron chi connectivity index (χ4n) is 2.27. The van der Waals surface area contributed by atoms with Crippen LogP contribution in [0, 0.1) is 0 Å². The van der Waals surface area contributed by atoms with Crippen molar-refractivity contribution in [1.29, 1.82) is 0 Å². The predicted octanol–water partition coefficient (Wildman–Crippen LogP) is 2.05. The normalized spacial score (nSPS) is 12.3. The summed E-state index contributed by atoms with van der Waals surface area (Å²) in [4.78, 5) is 16.1. The number of nitrogens with zero attached hydrogens (tertiary/aromatic N) is 1. The van der Waals surface area contributed by atoms with E-state index >= 15 is 0 Å². The quantitative estimate of drug-likeness (QED) is 0.819. The smallest absolute Gasteiger partial charge is 0.315 e. The van der Waals surface area contributed by atoms with E-state index in [1.165, 1.54) is 13.2 Å². The van der Waals surface area contributed by atoms with E-state index in [9.17, 15) is 13.2 Å². The van der Waals surface area contributed by atoms with Gasteiger partial charge in [-0.25, -0.2) is 13.2 Å². The largest absolute Gasteiger partial charge is 0.495 e. The van der Waals surface area contributed by atoms with Crippen LogP contribution in [0.5, 0.6) is 5.75 Å². The second kappa shape index (κ2) is 7.98. The van der Waals surface area contributed by atoms with Crippen LogP contribution in [-0.4, -0.2) is 32.8 Å². The number of aromatic nitrogens is 1. The van der Waals surface area contributed by atoms with Gasteiger partial charge in [0.1, 0.15) is 10.6 Å². The molecule has 2 amide bonds. The number of rotatable bonds is 6. The molecule has 0 aliphatic carbocycles. The second-order valence-corrected chi connectivity index (χ2v) is 7.57. The number of hydrogen-bond donors (Lipinski definition) is 2. The molecule has 0 aliphatic rings. The number of carbonyl (C=O) groups excluding carboxylic acids is 1. The molecule has 1 aromatic heterocycles. The van der Waals surface area contributed by atoms with E-state index in [1.807, 2.05) is 12.1 Å². The Bertz CT molecular complexity index is 838. The third-order valence-electron chi connectivity index (χ3n) is 3.64. The van der Waals surface area contributed by atoms with Crippen molar-refractivity contribution in [3.05, 3.63) is 53.9 Å². The molecule has 2 rings (SSSR count). The minimum Gasteiger partial charge on any atom is -0.495 e. The van der Waals surface area contributed by atoms with Crippen LogP contribution in [0.3, 0.4) is 0 Å². The first-order chi connectivity index (χ1) is 11.8. The molecule has 134 valence electrons. The Hall–Kier alpha value is -2.61. The van der Waals surface area contributed by atoms with Gasteiger partial charge in [-0.15, -0.1) is 0 Å². The number of amides is 2. The summed E-state index contributed by atoms with van der Waals surface area (Å²) in [5, 5.41) is 5.56. The summed E-state index contributed by atoms with van der Waals surface area (Å²) in [5.41, 5.74) is 1.68. The van der Waals surface area contributed by atoms with Gasteiger partial charge >= 0.3 is 6.03 Å². The standard InChI is InChI=1S/C17H21N3O4S/c1-12(20-17(21)19-11-13-6-8-18-9-7-13)14-4-5-16(25(3,22)23)15(10-14)24-2/h4-10,12H,11H2,1-3H3,(H2,19,20,21). The molecule has 1 atom stereocenters. The van der Waals surface area contributed by atoms with Crippen LogP contribution in [0.1, 0.15) is 24.1 Å². The van der Waals surface area contributed by atoms with Crippen molar-refractivity contribution in [1.82, 2.24) is 15.6 Å². The average molecular weight is 363 g/mol. The van der Waals surface area contributed by atoms with E-state index in [1.54, 1.807) is 31.5 Å². The Morgan fingerprint density at radius 3 is 2.52 bits per heavy atom. The lowest BCUT2D eigenvalue weighted by Gasteiger charge is -2.17. The topological polar surface area (TPSA) is 97.4 Å². The molecule has 0 radical (unpaired) electrons. The summed E-state index contributed by atoms with van der Waals surface area (Å²) in [6, 6.07) is 7.75. The summed E-state index contributed by atoms with van der Waals surface area (Å²) in [5.74, 6) is 0.255. The minimum atomic E-state index is -3.38. The summed E-state index contributed by atoms with van der Waals surface area (Å²) >= 11 is 0. The van der Waals surface area contributed by atoms with Crippen LogP contribution in [0.25, 0.3) is 0 Å². The third kappa shape index (κ3) is 5.18. The van der Waals surface area contributed by atoms with Crippen LogP contribution in [-0.2, 0) is 16.4 Å². The van der Waals surface area contributed by atoms with Crippen LogP contribution in [0.2, 0.25) is 0 Å². The van der Waals surface area contributed by atoms with Gasteiger partial charge in [0, 0.05) is 25.2 Å². The zero-order valence-electron chi connectivity index (χ0n) is 14.3. The predicted molar refractivity (Wildman–Crippen MR) is 94.1 cm³/mol. The van der Waals surface area contributed by atoms with E-state index < -0.39 is 9.84 Å². The van der Waals surface area contributed by atoms with Crippen LogP contribution >= 0.6 is 0 Å². The Labute approximate surface area is 147 Å². The zero-order valence-corrected chi connectivity index (χ0v) is 15.1. The summed E-state index contributed by atoms with van der Waals surface area (Å²) in [7, 11) is -1.97. The lowest BCUT2D eigenvalue weighted by molar-refractivity contribution is 0.237. The lowest BCUT2D eigenvalue weighted by atomic mass is 10.1. The Morgan fingerprint density at radius 2 is 1.92 bits per heavy atom. The Balaban J connectivity index is 2.02. The highest BCUT2D eigenvalue weighted by Crippen LogP contribution is 2.27. The van der Waals surface area contributed by atoms with Crippen molar-refractivity contribution in [3.8, 4) is 5.75 Å². The number of carbonyl (C=O) groups is 1. The SMILES string of the molecule is COc1cc(C(C)NC(=O)NCc2ccncc2)ccc1S(C)(=O)=O. The number of hydrogen-bond acceptors (Lipinski definition) is 5. The first-order valence-electron chi connectivity index (χ1n) is 7.62. The third-order valence-corrected chi connectivity index (χ3v) is 4.77. The highest BCUT2D eigenvalue weighted by Gasteiger charge is 2.17. The fourth-order valence-corrected chi connectivity index (χ4v) is 3.10. The molecule has 1 unspecified atom stereocenters. The number of sulfone groups is 1. The van der Waals surface area contributed by atoms with Gasteiger partial charge in [0.2, 0.25) is 0 Å². The number of urea groups is 1. The van der Waals surface area contributed by atoms with Crippen molar-refractivity contribution in [2.45, 2.75) is 24.4 Å². The first-order valence-corrected chi connectivity index (χ1v) is 9.51. The van der Waals surface area contributed by atoms with Gasteiger partial charge < -0.3 is 15.4 Å². The molecule has 0 fully saturated rings. The second-order valence-electron chi connectivity index (χ2n) is 5.59. The molecule has 2 aromatic rings.